The van der Waals surface area contributed by atoms with E-state index in [1.807, 2.05) is 50.2 Å². The number of H-pyrrole nitrogens is 1. The summed E-state index contributed by atoms with van der Waals surface area (Å²) in [5.74, 6) is 1.60. The number of benzene rings is 2. The number of β-amino-alcohol motifs (C(OH)–C–C–N with tert-alkyl or cyclic N) is 1. The van der Waals surface area contributed by atoms with Crippen LogP contribution in [-0.2, 0) is 0 Å². The standard InChI is InChI=1S/C26H32N2O4/c1-16-4-7-24-20(12-16)22(29)14-26(32-24)8-10-28(11-9-26)15-23(30)25-17(2)27-21-6-5-18(31-3)13-19(21)25/h4-7,12-13,22-23,27,29-30H,8-11,14-15H2,1-3H3. The number of aromatic amines is 1. The number of nitrogens with one attached hydrogen (secondary N) is 1. The van der Waals surface area contributed by atoms with E-state index in [9.17, 15) is 10.2 Å². The molecule has 2 unspecified atom stereocenters. The molecular weight excluding hydrogens is 404 g/mol. The van der Waals surface area contributed by atoms with Crippen molar-refractivity contribution in [2.45, 2.75) is 50.9 Å². The third-order valence-electron chi connectivity index (χ3n) is 7.19. The van der Waals surface area contributed by atoms with Crippen LogP contribution in [-0.4, -0.2) is 52.4 Å². The molecule has 3 N–H and O–H groups in total. The third-order valence-corrected chi connectivity index (χ3v) is 7.19. The van der Waals surface area contributed by atoms with Crippen LogP contribution in [0.15, 0.2) is 36.4 Å². The van der Waals surface area contributed by atoms with Crippen molar-refractivity contribution in [2.24, 2.45) is 0 Å². The fraction of sp³-hybridized carbons (Fsp3) is 0.462. The van der Waals surface area contributed by atoms with Crippen LogP contribution >= 0.6 is 0 Å². The van der Waals surface area contributed by atoms with E-state index in [1.54, 1.807) is 7.11 Å². The molecule has 0 saturated carbocycles. The number of likely N-dealkylation sites (tertiary alicyclic amines) is 1. The number of aryl methyl sites for hydroxylation is 2. The van der Waals surface area contributed by atoms with Gasteiger partial charge in [-0.3, -0.25) is 0 Å². The second kappa shape index (κ2) is 8.10. The maximum atomic E-state index is 11.1. The summed E-state index contributed by atoms with van der Waals surface area (Å²) in [6.07, 6.45) is 1.22. The van der Waals surface area contributed by atoms with E-state index in [2.05, 4.69) is 9.88 Å². The first-order valence-electron chi connectivity index (χ1n) is 11.4. The van der Waals surface area contributed by atoms with Gasteiger partial charge < -0.3 is 29.6 Å². The van der Waals surface area contributed by atoms with Crippen LogP contribution in [0, 0.1) is 13.8 Å². The first-order chi connectivity index (χ1) is 15.4. The molecule has 3 heterocycles. The summed E-state index contributed by atoms with van der Waals surface area (Å²) in [6.45, 7) is 6.27. The van der Waals surface area contributed by atoms with Gasteiger partial charge in [-0.1, -0.05) is 11.6 Å². The normalized spacial score (nSPS) is 21.3. The molecule has 6 nitrogen and oxygen atoms in total. The van der Waals surface area contributed by atoms with Crippen LogP contribution in [0.5, 0.6) is 11.5 Å². The highest BCUT2D eigenvalue weighted by molar-refractivity contribution is 5.86. The number of hydrogen-bond acceptors (Lipinski definition) is 5. The van der Waals surface area contributed by atoms with Crippen molar-refractivity contribution in [1.29, 1.82) is 0 Å². The summed E-state index contributed by atoms with van der Waals surface area (Å²) in [5.41, 5.74) is 4.64. The molecule has 32 heavy (non-hydrogen) atoms. The van der Waals surface area contributed by atoms with Crippen molar-refractivity contribution in [3.05, 3.63) is 58.8 Å². The monoisotopic (exact) mass is 436 g/mol. The van der Waals surface area contributed by atoms with Crippen molar-refractivity contribution in [3.63, 3.8) is 0 Å². The molecule has 0 radical (unpaired) electrons. The lowest BCUT2D eigenvalue weighted by Crippen LogP contribution is -2.51. The Morgan fingerprint density at radius 1 is 1.19 bits per heavy atom. The molecule has 1 aromatic heterocycles. The van der Waals surface area contributed by atoms with Crippen LogP contribution < -0.4 is 9.47 Å². The zero-order valence-corrected chi connectivity index (χ0v) is 19.0. The average Bonchev–Trinajstić information content (AvgIpc) is 3.11. The maximum Gasteiger partial charge on any atom is 0.125 e. The molecule has 1 saturated heterocycles. The van der Waals surface area contributed by atoms with Gasteiger partial charge in [-0.25, -0.2) is 0 Å². The van der Waals surface area contributed by atoms with Crippen molar-refractivity contribution >= 4 is 10.9 Å². The quantitative estimate of drug-likeness (QED) is 0.572. The van der Waals surface area contributed by atoms with Crippen molar-refractivity contribution in [2.75, 3.05) is 26.7 Å². The highest BCUT2D eigenvalue weighted by atomic mass is 16.5. The molecule has 3 aromatic rings. The van der Waals surface area contributed by atoms with Gasteiger partial charge in [0.2, 0.25) is 0 Å². The fourth-order valence-electron chi connectivity index (χ4n) is 5.43. The minimum absolute atomic E-state index is 0.326. The van der Waals surface area contributed by atoms with Gasteiger partial charge in [0.1, 0.15) is 17.1 Å². The second-order valence-corrected chi connectivity index (χ2v) is 9.44. The first kappa shape index (κ1) is 21.3. The number of nitrogens with zero attached hydrogens (tertiary/aromatic N) is 1. The Morgan fingerprint density at radius 3 is 2.72 bits per heavy atom. The van der Waals surface area contributed by atoms with Crippen LogP contribution in [0.4, 0.5) is 0 Å². The maximum absolute atomic E-state index is 11.1. The van der Waals surface area contributed by atoms with Crippen molar-refractivity contribution in [1.82, 2.24) is 9.88 Å². The first-order valence-corrected chi connectivity index (χ1v) is 11.4. The minimum atomic E-state index is -0.591. The summed E-state index contributed by atoms with van der Waals surface area (Å²) in [6, 6.07) is 12.0. The Bertz CT molecular complexity index is 1130. The molecule has 0 bridgehead atoms. The lowest BCUT2D eigenvalue weighted by atomic mass is 9.81. The number of aromatic nitrogens is 1. The molecule has 5 rings (SSSR count). The zero-order valence-electron chi connectivity index (χ0n) is 19.0. The Morgan fingerprint density at radius 2 is 1.97 bits per heavy atom. The molecule has 1 spiro atoms. The van der Waals surface area contributed by atoms with E-state index >= 15 is 0 Å². The predicted octanol–water partition coefficient (Wildman–Crippen LogP) is 4.18. The summed E-state index contributed by atoms with van der Waals surface area (Å²) < 4.78 is 11.8. The molecule has 2 atom stereocenters. The van der Waals surface area contributed by atoms with Gasteiger partial charge in [-0.2, -0.15) is 0 Å². The Labute approximate surface area is 188 Å². The minimum Gasteiger partial charge on any atom is -0.497 e. The van der Waals surface area contributed by atoms with E-state index in [0.29, 0.717) is 13.0 Å². The molecule has 170 valence electrons. The van der Waals surface area contributed by atoms with Gasteiger partial charge in [-0.05, 0) is 57.0 Å². The average molecular weight is 437 g/mol. The largest absolute Gasteiger partial charge is 0.497 e. The molecule has 6 heteroatoms. The zero-order chi connectivity index (χ0) is 22.5. The van der Waals surface area contributed by atoms with E-state index < -0.39 is 12.2 Å². The molecule has 2 aliphatic heterocycles. The van der Waals surface area contributed by atoms with Crippen molar-refractivity contribution in [3.8, 4) is 11.5 Å². The second-order valence-electron chi connectivity index (χ2n) is 9.44. The smallest absolute Gasteiger partial charge is 0.125 e. The summed E-state index contributed by atoms with van der Waals surface area (Å²) >= 11 is 0. The fourth-order valence-corrected chi connectivity index (χ4v) is 5.43. The number of aliphatic hydroxyl groups is 2. The Hall–Kier alpha value is -2.54. The van der Waals surface area contributed by atoms with Crippen LogP contribution in [0.2, 0.25) is 0 Å². The topological polar surface area (TPSA) is 78.0 Å². The van der Waals surface area contributed by atoms with E-state index in [4.69, 9.17) is 9.47 Å². The van der Waals surface area contributed by atoms with E-state index in [-0.39, 0.29) is 5.60 Å². The summed E-state index contributed by atoms with van der Waals surface area (Å²) in [7, 11) is 1.66. The van der Waals surface area contributed by atoms with Crippen LogP contribution in [0.1, 0.15) is 53.9 Å². The molecule has 0 amide bonds. The molecular formula is C26H32N2O4. The third kappa shape index (κ3) is 3.76. The highest BCUT2D eigenvalue weighted by Crippen LogP contribution is 2.44. The number of rotatable bonds is 4. The SMILES string of the molecule is COc1ccc2[nH]c(C)c(C(O)CN3CCC4(CC3)CC(O)c3cc(C)ccc3O4)c2c1. The molecule has 2 aromatic carbocycles. The molecule has 0 aliphatic carbocycles. The van der Waals surface area contributed by atoms with Gasteiger partial charge in [0.25, 0.3) is 0 Å². The van der Waals surface area contributed by atoms with Crippen molar-refractivity contribution < 1.29 is 19.7 Å². The Balaban J connectivity index is 1.28. The van der Waals surface area contributed by atoms with Gasteiger partial charge in [0.15, 0.2) is 0 Å². The van der Waals surface area contributed by atoms with E-state index in [0.717, 1.165) is 70.7 Å². The molecule has 2 aliphatic rings. The van der Waals surface area contributed by atoms with Crippen LogP contribution in [0.3, 0.4) is 0 Å². The number of methoxy groups -OCH3 is 1. The number of ether oxygens (including phenoxy) is 2. The lowest BCUT2D eigenvalue weighted by Gasteiger charge is -2.46. The van der Waals surface area contributed by atoms with Gasteiger partial charge in [-0.15, -0.1) is 0 Å². The number of aliphatic hydroxyl groups excluding tert-OH is 2. The van der Waals surface area contributed by atoms with Gasteiger partial charge in [0, 0.05) is 53.8 Å². The number of piperidine rings is 1. The predicted molar refractivity (Wildman–Crippen MR) is 124 cm³/mol. The lowest BCUT2D eigenvalue weighted by molar-refractivity contribution is -0.0587. The Kier molecular flexibility index (Phi) is 5.40. The van der Waals surface area contributed by atoms with Crippen LogP contribution in [0.25, 0.3) is 10.9 Å². The highest BCUT2D eigenvalue weighted by Gasteiger charge is 2.43. The summed E-state index contributed by atoms with van der Waals surface area (Å²) in [5, 5.41) is 22.9. The van der Waals surface area contributed by atoms with Gasteiger partial charge in [0.05, 0.1) is 19.3 Å². The number of fused-ring (bicyclic) bond motifs is 2. The van der Waals surface area contributed by atoms with E-state index in [1.165, 1.54) is 0 Å². The van der Waals surface area contributed by atoms with Gasteiger partial charge >= 0.3 is 0 Å². The summed E-state index contributed by atoms with van der Waals surface area (Å²) in [4.78, 5) is 5.68. The molecule has 1 fully saturated rings. The number of hydrogen-bond donors (Lipinski definition) is 3.